The van der Waals surface area contributed by atoms with Gasteiger partial charge in [0.25, 0.3) is 5.91 Å². The zero-order chi connectivity index (χ0) is 20.1. The standard InChI is InChI=1S/C19H23N3O4S2/c1-28(25,26)21-15-7-4-6-14(12-15)13-20-18(23)16-8-2-3-10-22(16)19(24)17-9-5-11-27-17/h4-7,9,11-12,16,21H,2-3,8,10,13H2,1H3,(H,20,23). The number of likely N-dealkylation sites (tertiary alicyclic amines) is 1. The topological polar surface area (TPSA) is 95.6 Å². The Morgan fingerprint density at radius 3 is 2.75 bits per heavy atom. The number of carbonyl (C=O) groups excluding carboxylic acids is 2. The fourth-order valence-electron chi connectivity index (χ4n) is 3.25. The van der Waals surface area contributed by atoms with Crippen molar-refractivity contribution in [2.75, 3.05) is 17.5 Å². The first-order valence-electron chi connectivity index (χ1n) is 9.02. The van der Waals surface area contributed by atoms with Gasteiger partial charge in [0.15, 0.2) is 0 Å². The van der Waals surface area contributed by atoms with Gasteiger partial charge in [-0.25, -0.2) is 8.42 Å². The van der Waals surface area contributed by atoms with E-state index in [1.165, 1.54) is 11.3 Å². The average molecular weight is 422 g/mol. The molecule has 0 aliphatic carbocycles. The highest BCUT2D eigenvalue weighted by atomic mass is 32.2. The van der Waals surface area contributed by atoms with E-state index in [9.17, 15) is 18.0 Å². The largest absolute Gasteiger partial charge is 0.350 e. The normalized spacial score (nSPS) is 17.2. The summed E-state index contributed by atoms with van der Waals surface area (Å²) in [5, 5.41) is 4.73. The molecule has 0 radical (unpaired) electrons. The number of nitrogens with zero attached hydrogens (tertiary/aromatic N) is 1. The third-order valence-corrected chi connectivity index (χ3v) is 5.96. The molecule has 9 heteroatoms. The van der Waals surface area contributed by atoms with Crippen LogP contribution in [-0.2, 0) is 21.4 Å². The van der Waals surface area contributed by atoms with Crippen molar-refractivity contribution in [3.63, 3.8) is 0 Å². The number of amides is 2. The molecule has 150 valence electrons. The average Bonchev–Trinajstić information content (AvgIpc) is 3.19. The molecule has 1 saturated heterocycles. The monoisotopic (exact) mass is 421 g/mol. The van der Waals surface area contributed by atoms with Crippen LogP contribution in [0.3, 0.4) is 0 Å². The molecule has 3 rings (SSSR count). The molecule has 0 spiro atoms. The second kappa shape index (κ2) is 8.74. The number of carbonyl (C=O) groups is 2. The molecule has 2 aromatic rings. The highest BCUT2D eigenvalue weighted by molar-refractivity contribution is 7.92. The van der Waals surface area contributed by atoms with Crippen molar-refractivity contribution >= 4 is 38.9 Å². The quantitative estimate of drug-likeness (QED) is 0.749. The number of hydrogen-bond donors (Lipinski definition) is 2. The predicted octanol–water partition coefficient (Wildman–Crippen LogP) is 2.43. The minimum absolute atomic E-state index is 0.103. The molecule has 2 heterocycles. The van der Waals surface area contributed by atoms with E-state index in [1.54, 1.807) is 29.2 Å². The highest BCUT2D eigenvalue weighted by Crippen LogP contribution is 2.22. The van der Waals surface area contributed by atoms with E-state index in [0.29, 0.717) is 23.5 Å². The Hall–Kier alpha value is -2.39. The van der Waals surface area contributed by atoms with E-state index in [2.05, 4.69) is 10.0 Å². The van der Waals surface area contributed by atoms with Crippen molar-refractivity contribution in [3.8, 4) is 0 Å². The minimum atomic E-state index is -3.36. The predicted molar refractivity (Wildman–Crippen MR) is 110 cm³/mol. The number of nitrogens with one attached hydrogen (secondary N) is 2. The van der Waals surface area contributed by atoms with Gasteiger partial charge in [0.2, 0.25) is 15.9 Å². The van der Waals surface area contributed by atoms with E-state index < -0.39 is 16.1 Å². The molecule has 1 aliphatic rings. The van der Waals surface area contributed by atoms with E-state index in [4.69, 9.17) is 0 Å². The molecule has 1 aliphatic heterocycles. The first kappa shape index (κ1) is 20.3. The fourth-order valence-corrected chi connectivity index (χ4v) is 4.49. The van der Waals surface area contributed by atoms with Crippen LogP contribution in [0, 0.1) is 0 Å². The van der Waals surface area contributed by atoms with E-state index >= 15 is 0 Å². The van der Waals surface area contributed by atoms with Gasteiger partial charge in [0.05, 0.1) is 11.1 Å². The highest BCUT2D eigenvalue weighted by Gasteiger charge is 2.32. The summed E-state index contributed by atoms with van der Waals surface area (Å²) in [6.07, 6.45) is 3.52. The number of rotatable bonds is 6. The Kier molecular flexibility index (Phi) is 6.35. The van der Waals surface area contributed by atoms with Crippen LogP contribution in [0.15, 0.2) is 41.8 Å². The molecule has 0 bridgehead atoms. The molecule has 2 amide bonds. The molecular weight excluding hydrogens is 398 g/mol. The maximum absolute atomic E-state index is 12.8. The number of benzene rings is 1. The van der Waals surface area contributed by atoms with Gasteiger partial charge in [-0.3, -0.25) is 14.3 Å². The molecule has 7 nitrogen and oxygen atoms in total. The summed E-state index contributed by atoms with van der Waals surface area (Å²) in [6, 6.07) is 9.98. The second-order valence-electron chi connectivity index (χ2n) is 6.78. The summed E-state index contributed by atoms with van der Waals surface area (Å²) < 4.78 is 25.1. The van der Waals surface area contributed by atoms with Crippen molar-refractivity contribution in [2.24, 2.45) is 0 Å². The lowest BCUT2D eigenvalue weighted by molar-refractivity contribution is -0.126. The Morgan fingerprint density at radius 2 is 2.04 bits per heavy atom. The molecule has 2 N–H and O–H groups in total. The Bertz CT molecular complexity index is 942. The van der Waals surface area contributed by atoms with Crippen LogP contribution in [0.4, 0.5) is 5.69 Å². The smallest absolute Gasteiger partial charge is 0.264 e. The Morgan fingerprint density at radius 1 is 1.21 bits per heavy atom. The number of thiophene rings is 1. The van der Waals surface area contributed by atoms with Crippen LogP contribution in [0.5, 0.6) is 0 Å². The van der Waals surface area contributed by atoms with E-state index in [-0.39, 0.29) is 18.4 Å². The van der Waals surface area contributed by atoms with Gasteiger partial charge in [-0.15, -0.1) is 11.3 Å². The maximum atomic E-state index is 12.8. The summed E-state index contributed by atoms with van der Waals surface area (Å²) in [7, 11) is -3.36. The van der Waals surface area contributed by atoms with Crippen molar-refractivity contribution in [1.82, 2.24) is 10.2 Å². The summed E-state index contributed by atoms with van der Waals surface area (Å²) >= 11 is 1.38. The minimum Gasteiger partial charge on any atom is -0.350 e. The summed E-state index contributed by atoms with van der Waals surface area (Å²) in [5.74, 6) is -0.291. The lowest BCUT2D eigenvalue weighted by Gasteiger charge is -2.34. The van der Waals surface area contributed by atoms with Gasteiger partial charge in [-0.1, -0.05) is 18.2 Å². The lowest BCUT2D eigenvalue weighted by atomic mass is 10.0. The maximum Gasteiger partial charge on any atom is 0.264 e. The number of anilines is 1. The van der Waals surface area contributed by atoms with Crippen LogP contribution in [0.2, 0.25) is 0 Å². The SMILES string of the molecule is CS(=O)(=O)Nc1cccc(CNC(=O)C2CCCCN2C(=O)c2cccs2)c1. The number of piperidine rings is 1. The molecule has 1 unspecified atom stereocenters. The van der Waals surface area contributed by atoms with Crippen LogP contribution in [0.25, 0.3) is 0 Å². The van der Waals surface area contributed by atoms with Crippen LogP contribution in [-0.4, -0.2) is 44.0 Å². The fraction of sp³-hybridized carbons (Fsp3) is 0.368. The second-order valence-corrected chi connectivity index (χ2v) is 9.48. The molecule has 1 aromatic carbocycles. The number of sulfonamides is 1. The lowest BCUT2D eigenvalue weighted by Crippen LogP contribution is -2.51. The summed E-state index contributed by atoms with van der Waals surface area (Å²) in [5.41, 5.74) is 1.22. The van der Waals surface area contributed by atoms with Gasteiger partial charge >= 0.3 is 0 Å². The van der Waals surface area contributed by atoms with Crippen LogP contribution < -0.4 is 10.0 Å². The van der Waals surface area contributed by atoms with E-state index in [0.717, 1.165) is 24.7 Å². The van der Waals surface area contributed by atoms with Gasteiger partial charge in [0, 0.05) is 18.8 Å². The third kappa shape index (κ3) is 5.32. The van der Waals surface area contributed by atoms with Crippen molar-refractivity contribution in [1.29, 1.82) is 0 Å². The molecule has 28 heavy (non-hydrogen) atoms. The van der Waals surface area contributed by atoms with E-state index in [1.807, 2.05) is 17.5 Å². The first-order chi connectivity index (χ1) is 13.3. The summed E-state index contributed by atoms with van der Waals surface area (Å²) in [4.78, 5) is 27.8. The molecule has 1 fully saturated rings. The molecular formula is C19H23N3O4S2. The van der Waals surface area contributed by atoms with Gasteiger partial charge in [-0.05, 0) is 48.4 Å². The van der Waals surface area contributed by atoms with Gasteiger partial charge in [-0.2, -0.15) is 0 Å². The third-order valence-electron chi connectivity index (χ3n) is 4.50. The van der Waals surface area contributed by atoms with Crippen LogP contribution in [0.1, 0.15) is 34.5 Å². The molecule has 1 aromatic heterocycles. The Balaban J connectivity index is 1.65. The summed E-state index contributed by atoms with van der Waals surface area (Å²) in [6.45, 7) is 0.832. The first-order valence-corrected chi connectivity index (χ1v) is 11.8. The number of hydrogen-bond acceptors (Lipinski definition) is 5. The van der Waals surface area contributed by atoms with Gasteiger partial charge < -0.3 is 10.2 Å². The zero-order valence-electron chi connectivity index (χ0n) is 15.6. The molecule has 0 saturated carbocycles. The van der Waals surface area contributed by atoms with Crippen molar-refractivity contribution < 1.29 is 18.0 Å². The van der Waals surface area contributed by atoms with Crippen molar-refractivity contribution in [3.05, 3.63) is 52.2 Å². The van der Waals surface area contributed by atoms with Crippen LogP contribution >= 0.6 is 11.3 Å². The zero-order valence-corrected chi connectivity index (χ0v) is 17.2. The Labute approximate surface area is 168 Å². The molecule has 1 atom stereocenters. The van der Waals surface area contributed by atoms with Gasteiger partial charge in [0.1, 0.15) is 6.04 Å². The van der Waals surface area contributed by atoms with Crippen molar-refractivity contribution in [2.45, 2.75) is 31.8 Å².